The molecule has 0 aromatic heterocycles. The first-order valence-electron chi connectivity index (χ1n) is 36.2. The summed E-state index contributed by atoms with van der Waals surface area (Å²) in [6.07, 6.45) is 82.6. The molecule has 0 bridgehead atoms. The Morgan fingerprint density at radius 1 is 0.241 bits per heavy atom. The summed E-state index contributed by atoms with van der Waals surface area (Å²) < 4.78 is 17.0. The first-order chi connectivity index (χ1) is 39.0. The number of hydrogen-bond donors (Lipinski definition) is 0. The lowest BCUT2D eigenvalue weighted by molar-refractivity contribution is -0.167. The number of rotatable bonds is 68. The van der Waals surface area contributed by atoms with E-state index in [4.69, 9.17) is 14.2 Å². The van der Waals surface area contributed by atoms with Gasteiger partial charge in [-0.1, -0.05) is 367 Å². The zero-order valence-electron chi connectivity index (χ0n) is 53.9. The number of unbranched alkanes of at least 4 members (excludes halogenated alkanes) is 55. The van der Waals surface area contributed by atoms with Crippen molar-refractivity contribution in [1.82, 2.24) is 0 Å². The monoisotopic (exact) mass is 1110 g/mol. The first-order valence-corrected chi connectivity index (χ1v) is 36.2. The van der Waals surface area contributed by atoms with Crippen molar-refractivity contribution in [2.45, 2.75) is 425 Å². The Bertz CT molecular complexity index is 1230. The number of hydrogen-bond acceptors (Lipinski definition) is 6. The van der Waals surface area contributed by atoms with Crippen LogP contribution in [0.15, 0.2) is 12.2 Å². The van der Waals surface area contributed by atoms with Crippen molar-refractivity contribution >= 4 is 17.9 Å². The van der Waals surface area contributed by atoms with Crippen molar-refractivity contribution in [3.8, 4) is 0 Å². The molecule has 0 heterocycles. The third-order valence-corrected chi connectivity index (χ3v) is 16.8. The Balaban J connectivity index is 4.05. The van der Waals surface area contributed by atoms with Crippen LogP contribution >= 0.6 is 0 Å². The molecular weight excluding hydrogens is 973 g/mol. The van der Waals surface area contributed by atoms with E-state index >= 15 is 0 Å². The quantitative estimate of drug-likeness (QED) is 0.0261. The molecule has 0 aromatic carbocycles. The van der Waals surface area contributed by atoms with Gasteiger partial charge in [0.05, 0.1) is 0 Å². The predicted octanol–water partition coefficient (Wildman–Crippen LogP) is 24.8. The molecule has 0 N–H and O–H groups in total. The minimum atomic E-state index is -0.764. The SMILES string of the molecule is CCCCCCCCCC/C=C\CCCCCCCCCCCCCCCCCCCCCCCC(=O)OCC(COC(=O)CCCCCCCCCCCCCC)OC(=O)CCCCCCCCCCCCCCCCCC. The molecular formula is C73H140O6. The molecule has 0 spiro atoms. The molecule has 0 aliphatic heterocycles. The lowest BCUT2D eigenvalue weighted by Gasteiger charge is -2.18. The summed E-state index contributed by atoms with van der Waals surface area (Å²) in [4.78, 5) is 38.3. The second-order valence-corrected chi connectivity index (χ2v) is 24.9. The molecule has 6 heteroatoms. The van der Waals surface area contributed by atoms with Gasteiger partial charge < -0.3 is 14.2 Å². The fourth-order valence-corrected chi connectivity index (χ4v) is 11.3. The Morgan fingerprint density at radius 2 is 0.418 bits per heavy atom. The lowest BCUT2D eigenvalue weighted by Crippen LogP contribution is -2.30. The molecule has 0 aromatic rings. The van der Waals surface area contributed by atoms with Gasteiger partial charge in [0.25, 0.3) is 0 Å². The molecule has 0 aliphatic rings. The van der Waals surface area contributed by atoms with E-state index in [1.165, 1.54) is 321 Å². The van der Waals surface area contributed by atoms with Gasteiger partial charge in [-0.05, 0) is 44.9 Å². The van der Waals surface area contributed by atoms with Crippen LogP contribution in [0.1, 0.15) is 419 Å². The maximum atomic E-state index is 12.9. The van der Waals surface area contributed by atoms with Crippen molar-refractivity contribution in [1.29, 1.82) is 0 Å². The summed E-state index contributed by atoms with van der Waals surface area (Å²) in [5, 5.41) is 0. The first kappa shape index (κ1) is 77.2. The van der Waals surface area contributed by atoms with Gasteiger partial charge in [0.15, 0.2) is 6.10 Å². The van der Waals surface area contributed by atoms with Gasteiger partial charge in [-0.15, -0.1) is 0 Å². The zero-order chi connectivity index (χ0) is 57.1. The highest BCUT2D eigenvalue weighted by atomic mass is 16.6. The number of esters is 3. The second-order valence-electron chi connectivity index (χ2n) is 24.9. The largest absolute Gasteiger partial charge is 0.462 e. The van der Waals surface area contributed by atoms with Crippen molar-refractivity contribution in [2.24, 2.45) is 0 Å². The summed E-state index contributed by atoms with van der Waals surface area (Å²) in [6.45, 7) is 6.72. The number of ether oxygens (including phenoxy) is 3. The highest BCUT2D eigenvalue weighted by Crippen LogP contribution is 2.19. The summed E-state index contributed by atoms with van der Waals surface area (Å²) in [5.74, 6) is -0.827. The van der Waals surface area contributed by atoms with Gasteiger partial charge in [0.2, 0.25) is 0 Å². The molecule has 0 saturated heterocycles. The molecule has 79 heavy (non-hydrogen) atoms. The van der Waals surface area contributed by atoms with Gasteiger partial charge in [-0.3, -0.25) is 14.4 Å². The lowest BCUT2D eigenvalue weighted by atomic mass is 10.0. The minimum Gasteiger partial charge on any atom is -0.462 e. The predicted molar refractivity (Wildman–Crippen MR) is 344 cm³/mol. The van der Waals surface area contributed by atoms with Crippen LogP contribution in [0, 0.1) is 0 Å². The fraction of sp³-hybridized carbons (Fsp3) is 0.932. The normalized spacial score (nSPS) is 12.0. The third kappa shape index (κ3) is 66.8. The molecule has 0 aliphatic carbocycles. The van der Waals surface area contributed by atoms with Crippen LogP contribution in [-0.2, 0) is 28.6 Å². The highest BCUT2D eigenvalue weighted by Gasteiger charge is 2.20. The van der Waals surface area contributed by atoms with E-state index in [2.05, 4.69) is 32.9 Å². The average molecular weight is 1110 g/mol. The highest BCUT2D eigenvalue weighted by molar-refractivity contribution is 5.71. The second kappa shape index (κ2) is 68.6. The molecule has 0 fully saturated rings. The van der Waals surface area contributed by atoms with E-state index in [1.807, 2.05) is 0 Å². The summed E-state index contributed by atoms with van der Waals surface area (Å²) in [5.41, 5.74) is 0. The Morgan fingerprint density at radius 3 is 0.633 bits per heavy atom. The summed E-state index contributed by atoms with van der Waals surface area (Å²) >= 11 is 0. The van der Waals surface area contributed by atoms with Crippen LogP contribution in [-0.4, -0.2) is 37.2 Å². The smallest absolute Gasteiger partial charge is 0.306 e. The fourth-order valence-electron chi connectivity index (χ4n) is 11.3. The van der Waals surface area contributed by atoms with E-state index in [9.17, 15) is 14.4 Å². The van der Waals surface area contributed by atoms with Gasteiger partial charge >= 0.3 is 17.9 Å². The van der Waals surface area contributed by atoms with Gasteiger partial charge in [0, 0.05) is 19.3 Å². The van der Waals surface area contributed by atoms with Crippen molar-refractivity contribution < 1.29 is 28.6 Å². The molecule has 0 saturated carbocycles. The van der Waals surface area contributed by atoms with Crippen LogP contribution < -0.4 is 0 Å². The Kier molecular flexibility index (Phi) is 67.0. The van der Waals surface area contributed by atoms with E-state index < -0.39 is 6.10 Å². The molecule has 1 unspecified atom stereocenters. The van der Waals surface area contributed by atoms with Crippen molar-refractivity contribution in [3.63, 3.8) is 0 Å². The van der Waals surface area contributed by atoms with Crippen LogP contribution in [0.5, 0.6) is 0 Å². The van der Waals surface area contributed by atoms with Gasteiger partial charge in [0.1, 0.15) is 13.2 Å². The van der Waals surface area contributed by atoms with Gasteiger partial charge in [-0.25, -0.2) is 0 Å². The summed E-state index contributed by atoms with van der Waals surface area (Å²) in [6, 6.07) is 0. The Labute approximate surface area is 494 Å². The van der Waals surface area contributed by atoms with Crippen LogP contribution in [0.2, 0.25) is 0 Å². The van der Waals surface area contributed by atoms with E-state index in [0.29, 0.717) is 19.3 Å². The van der Waals surface area contributed by atoms with E-state index in [-0.39, 0.29) is 31.1 Å². The third-order valence-electron chi connectivity index (χ3n) is 16.8. The maximum absolute atomic E-state index is 12.9. The van der Waals surface area contributed by atoms with E-state index in [0.717, 1.165) is 57.8 Å². The van der Waals surface area contributed by atoms with Crippen LogP contribution in [0.3, 0.4) is 0 Å². The standard InChI is InChI=1S/C73H140O6/c1-4-7-10-13-16-19-22-25-27-29-30-31-32-33-34-35-36-37-38-39-40-41-42-43-44-45-47-48-51-54-57-60-63-66-72(75)78-69-70(68-77-71(74)65-62-59-56-53-50-24-21-18-15-12-9-6-3)79-73(76)67-64-61-58-55-52-49-46-28-26-23-20-17-14-11-8-5-2/h29-30,70H,4-28,31-69H2,1-3H3/b30-29-. The average Bonchev–Trinajstić information content (AvgIpc) is 3.45. The molecule has 6 nitrogen and oxygen atoms in total. The van der Waals surface area contributed by atoms with Crippen LogP contribution in [0.25, 0.3) is 0 Å². The van der Waals surface area contributed by atoms with Crippen molar-refractivity contribution in [3.05, 3.63) is 12.2 Å². The van der Waals surface area contributed by atoms with E-state index in [1.54, 1.807) is 0 Å². The molecule has 0 amide bonds. The van der Waals surface area contributed by atoms with Crippen LogP contribution in [0.4, 0.5) is 0 Å². The Hall–Kier alpha value is -1.85. The summed E-state index contributed by atoms with van der Waals surface area (Å²) in [7, 11) is 0. The number of carbonyl (C=O) groups excluding carboxylic acids is 3. The zero-order valence-corrected chi connectivity index (χ0v) is 53.9. The number of allylic oxidation sites excluding steroid dienone is 2. The molecule has 0 rings (SSSR count). The molecule has 0 radical (unpaired) electrons. The molecule has 468 valence electrons. The number of carbonyl (C=O) groups is 3. The molecule has 1 atom stereocenters. The maximum Gasteiger partial charge on any atom is 0.306 e. The minimum absolute atomic E-state index is 0.0618. The van der Waals surface area contributed by atoms with Crippen molar-refractivity contribution in [2.75, 3.05) is 13.2 Å². The van der Waals surface area contributed by atoms with Gasteiger partial charge in [-0.2, -0.15) is 0 Å². The topological polar surface area (TPSA) is 78.9 Å².